The van der Waals surface area contributed by atoms with Gasteiger partial charge in [-0.3, -0.25) is 10.1 Å². The predicted octanol–water partition coefficient (Wildman–Crippen LogP) is 4.03. The maximum absolute atomic E-state index is 12.8. The quantitative estimate of drug-likeness (QED) is 0.628. The standard InChI is InChI=1S/C13H6F3N3O2S/c14-13(15,16)11-5-10(3-1-8(11)6-17)22-12-4-2-9(7-18-12)19(20)21/h1-5,7H. The van der Waals surface area contributed by atoms with Crippen LogP contribution in [-0.2, 0) is 6.18 Å². The number of rotatable bonds is 3. The normalized spacial score (nSPS) is 11.0. The van der Waals surface area contributed by atoms with Gasteiger partial charge in [0.15, 0.2) is 0 Å². The average Bonchev–Trinajstić information content (AvgIpc) is 2.47. The Morgan fingerprint density at radius 1 is 1.27 bits per heavy atom. The van der Waals surface area contributed by atoms with Gasteiger partial charge < -0.3 is 0 Å². The van der Waals surface area contributed by atoms with Crippen LogP contribution in [0, 0.1) is 21.4 Å². The molecule has 0 radical (unpaired) electrons. The Bertz CT molecular complexity index is 755. The third-order valence-electron chi connectivity index (χ3n) is 2.57. The van der Waals surface area contributed by atoms with Crippen LogP contribution in [0.1, 0.15) is 11.1 Å². The van der Waals surface area contributed by atoms with E-state index in [1.54, 1.807) is 0 Å². The molecule has 2 aromatic rings. The third kappa shape index (κ3) is 3.53. The summed E-state index contributed by atoms with van der Waals surface area (Å²) in [7, 11) is 0. The van der Waals surface area contributed by atoms with E-state index in [9.17, 15) is 23.3 Å². The van der Waals surface area contributed by atoms with Gasteiger partial charge in [-0.25, -0.2) is 4.98 Å². The second kappa shape index (κ2) is 6.03. The molecule has 0 atom stereocenters. The molecule has 0 unspecified atom stereocenters. The van der Waals surface area contributed by atoms with Crippen molar-refractivity contribution in [1.29, 1.82) is 5.26 Å². The Morgan fingerprint density at radius 2 is 2.00 bits per heavy atom. The molecule has 2 rings (SSSR count). The maximum atomic E-state index is 12.8. The minimum absolute atomic E-state index is 0.208. The van der Waals surface area contributed by atoms with E-state index in [0.29, 0.717) is 5.03 Å². The van der Waals surface area contributed by atoms with Crippen LogP contribution in [0.15, 0.2) is 46.5 Å². The van der Waals surface area contributed by atoms with Gasteiger partial charge in [-0.2, -0.15) is 18.4 Å². The van der Waals surface area contributed by atoms with Crippen molar-refractivity contribution in [2.75, 3.05) is 0 Å². The van der Waals surface area contributed by atoms with Crippen LogP contribution >= 0.6 is 11.8 Å². The summed E-state index contributed by atoms with van der Waals surface area (Å²) in [6.07, 6.45) is -3.61. The summed E-state index contributed by atoms with van der Waals surface area (Å²) < 4.78 is 38.5. The fraction of sp³-hybridized carbons (Fsp3) is 0.0769. The highest BCUT2D eigenvalue weighted by molar-refractivity contribution is 7.99. The van der Waals surface area contributed by atoms with Gasteiger partial charge in [0.25, 0.3) is 5.69 Å². The van der Waals surface area contributed by atoms with Gasteiger partial charge in [-0.15, -0.1) is 0 Å². The molecular formula is C13H6F3N3O2S. The Morgan fingerprint density at radius 3 is 2.50 bits per heavy atom. The zero-order valence-electron chi connectivity index (χ0n) is 10.7. The maximum Gasteiger partial charge on any atom is 0.417 e. The van der Waals surface area contributed by atoms with Crippen LogP contribution < -0.4 is 0 Å². The first-order valence-electron chi connectivity index (χ1n) is 5.71. The molecule has 5 nitrogen and oxygen atoms in total. The zero-order valence-corrected chi connectivity index (χ0v) is 11.5. The van der Waals surface area contributed by atoms with Crippen LogP contribution in [0.3, 0.4) is 0 Å². The van der Waals surface area contributed by atoms with E-state index in [-0.39, 0.29) is 10.6 Å². The zero-order chi connectivity index (χ0) is 16.3. The van der Waals surface area contributed by atoms with Gasteiger partial charge in [0.2, 0.25) is 0 Å². The summed E-state index contributed by atoms with van der Waals surface area (Å²) >= 11 is 0.914. The Labute approximate surface area is 126 Å². The van der Waals surface area contributed by atoms with Crippen molar-refractivity contribution in [2.24, 2.45) is 0 Å². The highest BCUT2D eigenvalue weighted by Gasteiger charge is 2.33. The van der Waals surface area contributed by atoms with Crippen LogP contribution in [0.2, 0.25) is 0 Å². The lowest BCUT2D eigenvalue weighted by Gasteiger charge is -2.10. The molecule has 0 aliphatic rings. The van der Waals surface area contributed by atoms with E-state index < -0.39 is 22.2 Å². The van der Waals surface area contributed by atoms with Crippen LogP contribution in [-0.4, -0.2) is 9.91 Å². The van der Waals surface area contributed by atoms with Crippen molar-refractivity contribution < 1.29 is 18.1 Å². The fourth-order valence-corrected chi connectivity index (χ4v) is 2.38. The summed E-state index contributed by atoms with van der Waals surface area (Å²) in [5.41, 5.74) is -1.70. The van der Waals surface area contributed by atoms with Gasteiger partial charge in [0.1, 0.15) is 11.2 Å². The summed E-state index contributed by atoms with van der Waals surface area (Å²) in [6, 6.07) is 7.34. The monoisotopic (exact) mass is 325 g/mol. The van der Waals surface area contributed by atoms with E-state index in [0.717, 1.165) is 30.1 Å². The first-order chi connectivity index (χ1) is 10.3. The average molecular weight is 325 g/mol. The SMILES string of the molecule is N#Cc1ccc(Sc2ccc([N+](=O)[O-])cn2)cc1C(F)(F)F. The van der Waals surface area contributed by atoms with Gasteiger partial charge >= 0.3 is 6.18 Å². The molecule has 0 saturated carbocycles. The molecule has 0 fully saturated rings. The van der Waals surface area contributed by atoms with Crippen molar-refractivity contribution in [3.8, 4) is 6.07 Å². The fourth-order valence-electron chi connectivity index (χ4n) is 1.58. The molecule has 0 bridgehead atoms. The molecule has 112 valence electrons. The summed E-state index contributed by atoms with van der Waals surface area (Å²) in [5, 5.41) is 19.5. The minimum Gasteiger partial charge on any atom is -0.258 e. The van der Waals surface area contributed by atoms with Gasteiger partial charge in [-0.1, -0.05) is 11.8 Å². The number of halogens is 3. The van der Waals surface area contributed by atoms with Crippen LogP contribution in [0.5, 0.6) is 0 Å². The molecule has 9 heteroatoms. The number of nitriles is 1. The largest absolute Gasteiger partial charge is 0.417 e. The number of pyridine rings is 1. The van der Waals surface area contributed by atoms with Crippen molar-refractivity contribution in [1.82, 2.24) is 4.98 Å². The highest BCUT2D eigenvalue weighted by Crippen LogP contribution is 2.36. The molecule has 0 saturated heterocycles. The van der Waals surface area contributed by atoms with E-state index >= 15 is 0 Å². The predicted molar refractivity (Wildman–Crippen MR) is 71.2 cm³/mol. The van der Waals surface area contributed by atoms with Crippen LogP contribution in [0.4, 0.5) is 18.9 Å². The number of nitrogens with zero attached hydrogens (tertiary/aromatic N) is 3. The minimum atomic E-state index is -4.63. The number of aromatic nitrogens is 1. The van der Waals surface area contributed by atoms with Crippen molar-refractivity contribution >= 4 is 17.4 Å². The Kier molecular flexibility index (Phi) is 4.32. The first kappa shape index (κ1) is 15.8. The second-order valence-corrected chi connectivity index (χ2v) is 5.12. The molecule has 22 heavy (non-hydrogen) atoms. The molecule has 1 aromatic carbocycles. The lowest BCUT2D eigenvalue weighted by molar-refractivity contribution is -0.385. The summed E-state index contributed by atoms with van der Waals surface area (Å²) in [4.78, 5) is 13.9. The number of benzene rings is 1. The number of alkyl halides is 3. The second-order valence-electron chi connectivity index (χ2n) is 4.03. The van der Waals surface area contributed by atoms with E-state index in [1.807, 2.05) is 0 Å². The summed E-state index contributed by atoms with van der Waals surface area (Å²) in [6.45, 7) is 0. The van der Waals surface area contributed by atoms with Gasteiger partial charge in [-0.05, 0) is 24.3 Å². The first-order valence-corrected chi connectivity index (χ1v) is 6.52. The smallest absolute Gasteiger partial charge is 0.258 e. The lowest BCUT2D eigenvalue weighted by atomic mass is 10.1. The van der Waals surface area contributed by atoms with E-state index in [1.165, 1.54) is 24.3 Å². The lowest BCUT2D eigenvalue weighted by Crippen LogP contribution is -2.07. The van der Waals surface area contributed by atoms with Crippen molar-refractivity contribution in [3.63, 3.8) is 0 Å². The molecule has 0 aliphatic heterocycles. The Balaban J connectivity index is 2.30. The molecule has 0 N–H and O–H groups in total. The van der Waals surface area contributed by atoms with Gasteiger partial charge in [0.05, 0.1) is 22.1 Å². The number of hydrogen-bond acceptors (Lipinski definition) is 5. The molecule has 0 aliphatic carbocycles. The molecule has 1 heterocycles. The highest BCUT2D eigenvalue weighted by atomic mass is 32.2. The molecular weight excluding hydrogens is 319 g/mol. The van der Waals surface area contributed by atoms with Crippen LogP contribution in [0.25, 0.3) is 0 Å². The topological polar surface area (TPSA) is 79.8 Å². The molecule has 0 spiro atoms. The number of nitro groups is 1. The van der Waals surface area contributed by atoms with Crippen molar-refractivity contribution in [3.05, 3.63) is 57.8 Å². The van der Waals surface area contributed by atoms with Gasteiger partial charge in [0, 0.05) is 11.0 Å². The number of hydrogen-bond donors (Lipinski definition) is 0. The Hall–Kier alpha value is -2.60. The van der Waals surface area contributed by atoms with E-state index in [2.05, 4.69) is 4.98 Å². The summed E-state index contributed by atoms with van der Waals surface area (Å²) in [5.74, 6) is 0. The third-order valence-corrected chi connectivity index (χ3v) is 3.51. The van der Waals surface area contributed by atoms with E-state index in [4.69, 9.17) is 5.26 Å². The molecule has 1 aromatic heterocycles. The molecule has 0 amide bonds. The van der Waals surface area contributed by atoms with Crippen molar-refractivity contribution in [2.45, 2.75) is 16.1 Å².